The van der Waals surface area contributed by atoms with Gasteiger partial charge in [-0.2, -0.15) is 0 Å². The quantitative estimate of drug-likeness (QED) is 0.844. The molecule has 1 fully saturated rings. The van der Waals surface area contributed by atoms with E-state index in [1.54, 1.807) is 25.2 Å². The zero-order valence-corrected chi connectivity index (χ0v) is 11.8. The minimum atomic E-state index is -3.19. The Kier molecular flexibility index (Phi) is 3.84. The number of benzene rings is 1. The summed E-state index contributed by atoms with van der Waals surface area (Å²) in [5.74, 6) is 0.581. The summed E-state index contributed by atoms with van der Waals surface area (Å²) in [5.41, 5.74) is 7.00. The Balaban J connectivity index is 2.10. The number of hydrogen-bond donors (Lipinski definition) is 1. The highest BCUT2D eigenvalue weighted by molar-refractivity contribution is 7.89. The van der Waals surface area contributed by atoms with Crippen molar-refractivity contribution >= 4 is 27.3 Å². The number of nitrogens with zero attached hydrogens (tertiary/aromatic N) is 1. The largest absolute Gasteiger partial charge is 0.399 e. The molecule has 0 aromatic heterocycles. The maximum Gasteiger partial charge on any atom is 0.214 e. The Bertz CT molecular complexity index is 541. The van der Waals surface area contributed by atoms with Crippen molar-refractivity contribution in [3.63, 3.8) is 0 Å². The third-order valence-corrected chi connectivity index (χ3v) is 5.42. The molecule has 1 aromatic carbocycles. The summed E-state index contributed by atoms with van der Waals surface area (Å²) in [7, 11) is -1.61. The third kappa shape index (κ3) is 3.37. The molecule has 18 heavy (non-hydrogen) atoms. The van der Waals surface area contributed by atoms with Gasteiger partial charge >= 0.3 is 0 Å². The number of halogens is 1. The van der Waals surface area contributed by atoms with Crippen molar-refractivity contribution in [2.45, 2.75) is 19.4 Å². The van der Waals surface area contributed by atoms with Crippen LogP contribution in [0.5, 0.6) is 0 Å². The van der Waals surface area contributed by atoms with Gasteiger partial charge in [-0.1, -0.05) is 11.6 Å². The van der Waals surface area contributed by atoms with Crippen LogP contribution < -0.4 is 5.73 Å². The minimum Gasteiger partial charge on any atom is -0.399 e. The van der Waals surface area contributed by atoms with Gasteiger partial charge in [-0.05, 0) is 42.5 Å². The van der Waals surface area contributed by atoms with Gasteiger partial charge in [0.2, 0.25) is 10.0 Å². The second-order valence-corrected chi connectivity index (χ2v) is 7.36. The molecule has 100 valence electrons. The zero-order chi connectivity index (χ0) is 13.3. The molecule has 1 aliphatic rings. The fourth-order valence-corrected chi connectivity index (χ4v) is 3.46. The van der Waals surface area contributed by atoms with Crippen molar-refractivity contribution in [3.05, 3.63) is 28.8 Å². The van der Waals surface area contributed by atoms with Crippen molar-refractivity contribution < 1.29 is 8.42 Å². The highest BCUT2D eigenvalue weighted by Crippen LogP contribution is 2.31. The van der Waals surface area contributed by atoms with Gasteiger partial charge in [-0.15, -0.1) is 0 Å². The van der Waals surface area contributed by atoms with Gasteiger partial charge in [0, 0.05) is 24.3 Å². The highest BCUT2D eigenvalue weighted by Gasteiger charge is 2.30. The maximum absolute atomic E-state index is 12.0. The minimum absolute atomic E-state index is 0.240. The molecule has 1 aromatic rings. The van der Waals surface area contributed by atoms with Crippen LogP contribution in [0.15, 0.2) is 18.2 Å². The number of rotatable bonds is 5. The molecular formula is C12H17ClN2O2S. The lowest BCUT2D eigenvalue weighted by Gasteiger charge is -2.18. The summed E-state index contributed by atoms with van der Waals surface area (Å²) in [6, 6.07) is 5.10. The highest BCUT2D eigenvalue weighted by atomic mass is 35.5. The van der Waals surface area contributed by atoms with Gasteiger partial charge in [0.05, 0.1) is 5.75 Å². The SMILES string of the molecule is CN(Cc1cc(N)ccc1Cl)S(=O)(=O)CC1CC1. The van der Waals surface area contributed by atoms with Crippen molar-refractivity contribution in [1.29, 1.82) is 0 Å². The Hall–Kier alpha value is -0.780. The second-order valence-electron chi connectivity index (χ2n) is 4.83. The Morgan fingerprint density at radius 1 is 1.44 bits per heavy atom. The molecule has 0 aliphatic heterocycles. The predicted molar refractivity (Wildman–Crippen MR) is 73.8 cm³/mol. The summed E-state index contributed by atoms with van der Waals surface area (Å²) in [5, 5.41) is 0.540. The van der Waals surface area contributed by atoms with E-state index in [-0.39, 0.29) is 12.3 Å². The van der Waals surface area contributed by atoms with Crippen LogP contribution in [0.4, 0.5) is 5.69 Å². The average molecular weight is 289 g/mol. The van der Waals surface area contributed by atoms with Crippen molar-refractivity contribution in [2.24, 2.45) is 5.92 Å². The van der Waals surface area contributed by atoms with E-state index in [9.17, 15) is 8.42 Å². The zero-order valence-electron chi connectivity index (χ0n) is 10.3. The first-order chi connectivity index (χ1) is 8.38. The number of anilines is 1. The Morgan fingerprint density at radius 3 is 2.72 bits per heavy atom. The summed E-state index contributed by atoms with van der Waals surface area (Å²) >= 11 is 6.03. The lowest BCUT2D eigenvalue weighted by Crippen LogP contribution is -2.29. The molecule has 1 aliphatic carbocycles. The number of sulfonamides is 1. The van der Waals surface area contributed by atoms with Gasteiger partial charge in [-0.3, -0.25) is 0 Å². The molecule has 4 nitrogen and oxygen atoms in total. The number of nitrogen functional groups attached to an aromatic ring is 1. The summed E-state index contributed by atoms with van der Waals surface area (Å²) in [4.78, 5) is 0. The molecule has 0 atom stereocenters. The molecular weight excluding hydrogens is 272 g/mol. The van der Waals surface area contributed by atoms with Crippen LogP contribution in [0.2, 0.25) is 5.02 Å². The van der Waals surface area contributed by atoms with Crippen LogP contribution in [-0.4, -0.2) is 25.5 Å². The molecule has 0 saturated heterocycles. The molecule has 2 rings (SSSR count). The van der Waals surface area contributed by atoms with Crippen LogP contribution in [0.25, 0.3) is 0 Å². The van der Waals surface area contributed by atoms with Gasteiger partial charge in [-0.25, -0.2) is 12.7 Å². The maximum atomic E-state index is 12.0. The average Bonchev–Trinajstić information content (AvgIpc) is 3.06. The lowest BCUT2D eigenvalue weighted by molar-refractivity contribution is 0.464. The molecule has 0 heterocycles. The van der Waals surface area contributed by atoms with Crippen molar-refractivity contribution in [1.82, 2.24) is 4.31 Å². The van der Waals surface area contributed by atoms with Crippen LogP contribution >= 0.6 is 11.6 Å². The molecule has 6 heteroatoms. The van der Waals surface area contributed by atoms with Crippen LogP contribution in [0, 0.1) is 5.92 Å². The van der Waals surface area contributed by atoms with E-state index >= 15 is 0 Å². The van der Waals surface area contributed by atoms with Crippen LogP contribution in [0.1, 0.15) is 18.4 Å². The van der Waals surface area contributed by atoms with E-state index in [1.807, 2.05) is 0 Å². The number of hydrogen-bond acceptors (Lipinski definition) is 3. The molecule has 0 amide bonds. The predicted octanol–water partition coefficient (Wildman–Crippen LogP) is 2.09. The first-order valence-electron chi connectivity index (χ1n) is 5.86. The van der Waals surface area contributed by atoms with E-state index in [0.717, 1.165) is 18.4 Å². The van der Waals surface area contributed by atoms with Gasteiger partial charge in [0.15, 0.2) is 0 Å². The summed E-state index contributed by atoms with van der Waals surface area (Å²) in [6.07, 6.45) is 2.04. The van der Waals surface area contributed by atoms with E-state index < -0.39 is 10.0 Å². The van der Waals surface area contributed by atoms with E-state index in [4.69, 9.17) is 17.3 Å². The van der Waals surface area contributed by atoms with Crippen LogP contribution in [-0.2, 0) is 16.6 Å². The Labute approximate surface area is 113 Å². The van der Waals surface area contributed by atoms with Gasteiger partial charge < -0.3 is 5.73 Å². The monoisotopic (exact) mass is 288 g/mol. The van der Waals surface area contributed by atoms with E-state index in [2.05, 4.69) is 0 Å². The van der Waals surface area contributed by atoms with Gasteiger partial charge in [0.1, 0.15) is 0 Å². The topological polar surface area (TPSA) is 63.4 Å². The summed E-state index contributed by atoms with van der Waals surface area (Å²) < 4.78 is 25.4. The number of nitrogens with two attached hydrogens (primary N) is 1. The molecule has 0 radical (unpaired) electrons. The summed E-state index contributed by atoms with van der Waals surface area (Å²) in [6.45, 7) is 0.263. The first-order valence-corrected chi connectivity index (χ1v) is 7.85. The fraction of sp³-hybridized carbons (Fsp3) is 0.500. The van der Waals surface area contributed by atoms with Crippen molar-refractivity contribution in [2.75, 3.05) is 18.5 Å². The second kappa shape index (κ2) is 5.07. The van der Waals surface area contributed by atoms with E-state index in [0.29, 0.717) is 16.6 Å². The molecule has 0 spiro atoms. The molecule has 0 unspecified atom stereocenters. The van der Waals surface area contributed by atoms with Crippen molar-refractivity contribution in [3.8, 4) is 0 Å². The molecule has 0 bridgehead atoms. The standard InChI is InChI=1S/C12H17ClN2O2S/c1-15(18(16,17)8-9-2-3-9)7-10-6-11(14)4-5-12(10)13/h4-6,9H,2-3,7-8,14H2,1H3. The van der Waals surface area contributed by atoms with Crippen LogP contribution in [0.3, 0.4) is 0 Å². The molecule has 2 N–H and O–H groups in total. The smallest absolute Gasteiger partial charge is 0.214 e. The Morgan fingerprint density at radius 2 is 2.11 bits per heavy atom. The normalized spacial score (nSPS) is 16.2. The third-order valence-electron chi connectivity index (χ3n) is 3.08. The molecule has 1 saturated carbocycles. The fourth-order valence-electron chi connectivity index (χ4n) is 1.76. The van der Waals surface area contributed by atoms with E-state index in [1.165, 1.54) is 4.31 Å². The first kappa shape index (κ1) is 13.6. The van der Waals surface area contributed by atoms with Gasteiger partial charge in [0.25, 0.3) is 0 Å². The lowest BCUT2D eigenvalue weighted by atomic mass is 10.2.